The molecule has 0 fully saturated rings. The lowest BCUT2D eigenvalue weighted by atomic mass is 10.4. The normalized spacial score (nSPS) is 12.0. The van der Waals surface area contributed by atoms with E-state index >= 15 is 0 Å². The van der Waals surface area contributed by atoms with Crippen molar-refractivity contribution in [2.45, 2.75) is 19.5 Å². The molecule has 0 amide bonds. The molecule has 0 saturated carbocycles. The van der Waals surface area contributed by atoms with Gasteiger partial charge in [0, 0.05) is 38.6 Å². The molecular weight excluding hydrogens is 249 g/mol. The van der Waals surface area contributed by atoms with Gasteiger partial charge in [0.1, 0.15) is 0 Å². The number of rotatable bonds is 8. The van der Waals surface area contributed by atoms with E-state index in [1.165, 1.54) is 0 Å². The van der Waals surface area contributed by atoms with Gasteiger partial charge >= 0.3 is 6.36 Å². The van der Waals surface area contributed by atoms with Crippen LogP contribution in [0.15, 0.2) is 18.3 Å². The fourth-order valence-corrected chi connectivity index (χ4v) is 1.48. The summed E-state index contributed by atoms with van der Waals surface area (Å²) in [5.41, 5.74) is 0.914. The molecule has 18 heavy (non-hydrogen) atoms. The summed E-state index contributed by atoms with van der Waals surface area (Å²) in [7, 11) is 1.61. The predicted molar refractivity (Wildman–Crippen MR) is 60.0 cm³/mol. The lowest BCUT2D eigenvalue weighted by Crippen LogP contribution is -2.22. The minimum absolute atomic E-state index is 0.174. The van der Waals surface area contributed by atoms with E-state index in [-0.39, 0.29) is 13.2 Å². The molecule has 0 bridgehead atoms. The van der Waals surface area contributed by atoms with Crippen LogP contribution in [-0.4, -0.2) is 37.8 Å². The molecule has 1 rings (SSSR count). The summed E-state index contributed by atoms with van der Waals surface area (Å²) in [5, 5.41) is 3.13. The van der Waals surface area contributed by atoms with Gasteiger partial charge in [0.15, 0.2) is 0 Å². The standard InChI is InChI=1S/C11H17F3N2O2/c1-17-7-4-15-9-10-3-2-5-16(10)6-8-18-11(12,13)14/h2-3,5,15H,4,6-9H2,1H3. The van der Waals surface area contributed by atoms with E-state index in [9.17, 15) is 13.2 Å². The average Bonchev–Trinajstić information content (AvgIpc) is 2.71. The summed E-state index contributed by atoms with van der Waals surface area (Å²) < 4.78 is 45.8. The van der Waals surface area contributed by atoms with Crippen LogP contribution >= 0.6 is 0 Å². The SMILES string of the molecule is COCCNCc1cccn1CCOC(F)(F)F. The van der Waals surface area contributed by atoms with Crippen LogP contribution < -0.4 is 5.32 Å². The van der Waals surface area contributed by atoms with Crippen molar-refractivity contribution in [2.75, 3.05) is 26.9 Å². The van der Waals surface area contributed by atoms with Crippen molar-refractivity contribution in [1.82, 2.24) is 9.88 Å². The van der Waals surface area contributed by atoms with E-state index in [0.717, 1.165) is 5.69 Å². The molecule has 104 valence electrons. The molecule has 0 aliphatic rings. The van der Waals surface area contributed by atoms with Crippen LogP contribution in [0.2, 0.25) is 0 Å². The van der Waals surface area contributed by atoms with Gasteiger partial charge in [0.05, 0.1) is 13.2 Å². The summed E-state index contributed by atoms with van der Waals surface area (Å²) in [4.78, 5) is 0. The van der Waals surface area contributed by atoms with E-state index in [2.05, 4.69) is 10.1 Å². The summed E-state index contributed by atoms with van der Waals surface area (Å²) in [6, 6.07) is 3.65. The number of halogens is 3. The molecule has 0 radical (unpaired) electrons. The molecule has 0 unspecified atom stereocenters. The Labute approximate surface area is 104 Å². The van der Waals surface area contributed by atoms with E-state index in [4.69, 9.17) is 4.74 Å². The third-order valence-electron chi connectivity index (χ3n) is 2.31. The number of alkyl halides is 3. The Bertz CT molecular complexity index is 339. The second-order valence-corrected chi connectivity index (χ2v) is 3.66. The van der Waals surface area contributed by atoms with Gasteiger partial charge < -0.3 is 14.6 Å². The van der Waals surface area contributed by atoms with Gasteiger partial charge in [-0.1, -0.05) is 0 Å². The highest BCUT2D eigenvalue weighted by molar-refractivity contribution is 5.06. The van der Waals surface area contributed by atoms with E-state index in [1.807, 2.05) is 6.07 Å². The monoisotopic (exact) mass is 266 g/mol. The van der Waals surface area contributed by atoms with Crippen molar-refractivity contribution >= 4 is 0 Å². The van der Waals surface area contributed by atoms with E-state index < -0.39 is 6.36 Å². The zero-order chi connectivity index (χ0) is 13.4. The fourth-order valence-electron chi connectivity index (χ4n) is 1.48. The van der Waals surface area contributed by atoms with Crippen molar-refractivity contribution in [3.8, 4) is 0 Å². The molecule has 1 aromatic heterocycles. The smallest absolute Gasteiger partial charge is 0.383 e. The van der Waals surface area contributed by atoms with Gasteiger partial charge in [-0.15, -0.1) is 13.2 Å². The Kier molecular flexibility index (Phi) is 6.17. The van der Waals surface area contributed by atoms with Crippen LogP contribution in [0.1, 0.15) is 5.69 Å². The second-order valence-electron chi connectivity index (χ2n) is 3.66. The molecule has 0 aliphatic heterocycles. The molecule has 0 spiro atoms. The van der Waals surface area contributed by atoms with Crippen LogP contribution in [0.3, 0.4) is 0 Å². The number of hydrogen-bond donors (Lipinski definition) is 1. The average molecular weight is 266 g/mol. The Morgan fingerprint density at radius 3 is 2.78 bits per heavy atom. The molecule has 1 heterocycles. The summed E-state index contributed by atoms with van der Waals surface area (Å²) in [6.07, 6.45) is -2.84. The molecule has 4 nitrogen and oxygen atoms in total. The molecule has 0 aliphatic carbocycles. The molecule has 7 heteroatoms. The largest absolute Gasteiger partial charge is 0.522 e. The van der Waals surface area contributed by atoms with Gasteiger partial charge in [-0.3, -0.25) is 4.74 Å². The number of aromatic nitrogens is 1. The predicted octanol–water partition coefficient (Wildman–Crippen LogP) is 1.76. The first kappa shape index (κ1) is 15.0. The fraction of sp³-hybridized carbons (Fsp3) is 0.636. The van der Waals surface area contributed by atoms with Gasteiger partial charge in [-0.25, -0.2) is 0 Å². The third kappa shape index (κ3) is 6.04. The van der Waals surface area contributed by atoms with Crippen LogP contribution in [0.25, 0.3) is 0 Å². The maximum Gasteiger partial charge on any atom is 0.522 e. The molecule has 0 atom stereocenters. The van der Waals surface area contributed by atoms with Gasteiger partial charge in [-0.05, 0) is 12.1 Å². The minimum atomic E-state index is -4.57. The maximum atomic E-state index is 11.8. The molecule has 0 saturated heterocycles. The van der Waals surface area contributed by atoms with E-state index in [1.54, 1.807) is 23.9 Å². The highest BCUT2D eigenvalue weighted by atomic mass is 19.4. The van der Waals surface area contributed by atoms with Crippen molar-refractivity contribution in [3.63, 3.8) is 0 Å². The van der Waals surface area contributed by atoms with Crippen LogP contribution in [0.5, 0.6) is 0 Å². The molecule has 0 aromatic carbocycles. The summed E-state index contributed by atoms with van der Waals surface area (Å²) in [6.45, 7) is 1.66. The van der Waals surface area contributed by atoms with Crippen molar-refractivity contribution in [2.24, 2.45) is 0 Å². The van der Waals surface area contributed by atoms with Crippen molar-refractivity contribution < 1.29 is 22.6 Å². The zero-order valence-electron chi connectivity index (χ0n) is 10.2. The molecular formula is C11H17F3N2O2. The van der Waals surface area contributed by atoms with Gasteiger partial charge in [0.25, 0.3) is 0 Å². The molecule has 1 N–H and O–H groups in total. The number of ether oxygens (including phenoxy) is 2. The van der Waals surface area contributed by atoms with Crippen LogP contribution in [0, 0.1) is 0 Å². The first-order chi connectivity index (χ1) is 8.53. The van der Waals surface area contributed by atoms with Gasteiger partial charge in [-0.2, -0.15) is 0 Å². The Hall–Kier alpha value is -1.05. The lowest BCUT2D eigenvalue weighted by Gasteiger charge is -2.11. The Balaban J connectivity index is 2.31. The number of nitrogens with zero attached hydrogens (tertiary/aromatic N) is 1. The Morgan fingerprint density at radius 2 is 2.11 bits per heavy atom. The van der Waals surface area contributed by atoms with Crippen LogP contribution in [-0.2, 0) is 22.6 Å². The number of hydrogen-bond acceptors (Lipinski definition) is 3. The molecule has 1 aromatic rings. The lowest BCUT2D eigenvalue weighted by molar-refractivity contribution is -0.325. The first-order valence-corrected chi connectivity index (χ1v) is 5.57. The second kappa shape index (κ2) is 7.40. The summed E-state index contributed by atoms with van der Waals surface area (Å²) in [5.74, 6) is 0. The Morgan fingerprint density at radius 1 is 1.33 bits per heavy atom. The summed E-state index contributed by atoms with van der Waals surface area (Å²) >= 11 is 0. The minimum Gasteiger partial charge on any atom is -0.383 e. The topological polar surface area (TPSA) is 35.4 Å². The maximum absolute atomic E-state index is 11.8. The zero-order valence-corrected chi connectivity index (χ0v) is 10.2. The van der Waals surface area contributed by atoms with E-state index in [0.29, 0.717) is 19.7 Å². The van der Waals surface area contributed by atoms with Gasteiger partial charge in [0.2, 0.25) is 0 Å². The highest BCUT2D eigenvalue weighted by Crippen LogP contribution is 2.16. The first-order valence-electron chi connectivity index (χ1n) is 5.57. The van der Waals surface area contributed by atoms with Crippen molar-refractivity contribution in [3.05, 3.63) is 24.0 Å². The third-order valence-corrected chi connectivity index (χ3v) is 2.31. The number of nitrogens with one attached hydrogen (secondary N) is 1. The quantitative estimate of drug-likeness (QED) is 0.728. The van der Waals surface area contributed by atoms with Crippen molar-refractivity contribution in [1.29, 1.82) is 0 Å². The van der Waals surface area contributed by atoms with Crippen LogP contribution in [0.4, 0.5) is 13.2 Å². The number of methoxy groups -OCH3 is 1. The highest BCUT2D eigenvalue weighted by Gasteiger charge is 2.28.